The van der Waals surface area contributed by atoms with Crippen LogP contribution in [-0.4, -0.2) is 24.9 Å². The lowest BCUT2D eigenvalue weighted by Gasteiger charge is -2.39. The summed E-state index contributed by atoms with van der Waals surface area (Å²) in [5.74, 6) is 0.695. The fraction of sp³-hybridized carbons (Fsp3) is 0.476. The summed E-state index contributed by atoms with van der Waals surface area (Å²) in [7, 11) is 1.68. The van der Waals surface area contributed by atoms with Crippen molar-refractivity contribution in [3.8, 4) is 17.0 Å². The predicted molar refractivity (Wildman–Crippen MR) is 105 cm³/mol. The van der Waals surface area contributed by atoms with Crippen LogP contribution in [0.2, 0.25) is 5.02 Å². The Morgan fingerprint density at radius 3 is 2.69 bits per heavy atom. The van der Waals surface area contributed by atoms with Gasteiger partial charge in [0.15, 0.2) is 5.43 Å². The minimum Gasteiger partial charge on any atom is -0.492 e. The largest absolute Gasteiger partial charge is 0.492 e. The first-order valence-electron chi connectivity index (χ1n) is 8.98. The van der Waals surface area contributed by atoms with E-state index < -0.39 is 0 Å². The molecular formula is C21H26ClNO3. The highest BCUT2D eigenvalue weighted by molar-refractivity contribution is 6.32. The molecule has 0 saturated carbocycles. The molecule has 2 heterocycles. The fourth-order valence-corrected chi connectivity index (χ4v) is 3.73. The van der Waals surface area contributed by atoms with Crippen LogP contribution < -0.4 is 10.2 Å². The van der Waals surface area contributed by atoms with Gasteiger partial charge >= 0.3 is 0 Å². The van der Waals surface area contributed by atoms with Gasteiger partial charge in [0.05, 0.1) is 17.3 Å². The number of rotatable bonds is 5. The number of halogens is 1. The first-order chi connectivity index (χ1) is 12.3. The van der Waals surface area contributed by atoms with Crippen molar-refractivity contribution in [2.75, 3.05) is 20.3 Å². The van der Waals surface area contributed by atoms with Gasteiger partial charge in [-0.3, -0.25) is 4.79 Å². The molecule has 4 nitrogen and oxygen atoms in total. The van der Waals surface area contributed by atoms with Crippen LogP contribution >= 0.6 is 11.6 Å². The zero-order chi connectivity index (χ0) is 18.9. The molecule has 0 saturated heterocycles. The van der Waals surface area contributed by atoms with Crippen molar-refractivity contribution >= 4 is 11.6 Å². The Balaban J connectivity index is 2.03. The van der Waals surface area contributed by atoms with Crippen LogP contribution in [0.1, 0.15) is 38.8 Å². The number of benzene rings is 1. The minimum absolute atomic E-state index is 0.00720. The number of methoxy groups -OCH3 is 1. The van der Waals surface area contributed by atoms with Crippen LogP contribution in [-0.2, 0) is 11.2 Å². The molecular weight excluding hydrogens is 350 g/mol. The zero-order valence-corrected chi connectivity index (χ0v) is 16.6. The maximum atomic E-state index is 12.0. The van der Waals surface area contributed by atoms with E-state index in [1.807, 2.05) is 18.3 Å². The zero-order valence-electron chi connectivity index (χ0n) is 15.8. The van der Waals surface area contributed by atoms with Crippen LogP contribution in [0, 0.1) is 5.41 Å². The molecule has 1 unspecified atom stereocenters. The fourth-order valence-electron chi connectivity index (χ4n) is 3.51. The predicted octanol–water partition coefficient (Wildman–Crippen LogP) is 4.73. The van der Waals surface area contributed by atoms with Crippen molar-refractivity contribution in [2.45, 2.75) is 39.7 Å². The average molecular weight is 376 g/mol. The number of hydrogen-bond donors (Lipinski definition) is 0. The summed E-state index contributed by atoms with van der Waals surface area (Å²) in [6.07, 6.45) is 3.59. The van der Waals surface area contributed by atoms with Gasteiger partial charge in [0.2, 0.25) is 0 Å². The van der Waals surface area contributed by atoms with Crippen LogP contribution in [0.3, 0.4) is 0 Å². The van der Waals surface area contributed by atoms with Gasteiger partial charge in [0.1, 0.15) is 5.75 Å². The second-order valence-corrected chi connectivity index (χ2v) is 8.28. The smallest absolute Gasteiger partial charge is 0.182 e. The standard InChI is InChI=1S/C21H26ClNO3/c1-21(2,3)20-11-14-10-19(26-9-5-8-25-4)17(22)13-16(14)18-12-15(24)6-7-23(18)20/h6-7,10,12-13,20H,5,8-9,11H2,1-4H3. The topological polar surface area (TPSA) is 40.5 Å². The molecule has 0 spiro atoms. The van der Waals surface area contributed by atoms with E-state index in [9.17, 15) is 4.79 Å². The van der Waals surface area contributed by atoms with Crippen molar-refractivity contribution in [1.82, 2.24) is 4.57 Å². The number of ether oxygens (including phenoxy) is 2. The number of pyridine rings is 1. The summed E-state index contributed by atoms with van der Waals surface area (Å²) < 4.78 is 13.1. The van der Waals surface area contributed by atoms with Crippen molar-refractivity contribution in [3.05, 3.63) is 51.3 Å². The second kappa shape index (κ2) is 7.45. The molecule has 0 fully saturated rings. The molecule has 1 aliphatic rings. The molecule has 5 heteroatoms. The van der Waals surface area contributed by atoms with E-state index in [2.05, 4.69) is 25.3 Å². The molecule has 26 heavy (non-hydrogen) atoms. The summed E-state index contributed by atoms with van der Waals surface area (Å²) in [5, 5.41) is 0.568. The summed E-state index contributed by atoms with van der Waals surface area (Å²) in [6, 6.07) is 7.54. The van der Waals surface area contributed by atoms with Crippen LogP contribution in [0.15, 0.2) is 35.3 Å². The Morgan fingerprint density at radius 1 is 1.23 bits per heavy atom. The molecule has 1 atom stereocenters. The molecule has 0 aliphatic carbocycles. The van der Waals surface area contributed by atoms with E-state index in [1.165, 1.54) is 5.56 Å². The summed E-state index contributed by atoms with van der Waals surface area (Å²) in [6.45, 7) is 7.89. The number of aromatic nitrogens is 1. The van der Waals surface area contributed by atoms with E-state index in [4.69, 9.17) is 21.1 Å². The van der Waals surface area contributed by atoms with Crippen molar-refractivity contribution in [2.24, 2.45) is 5.41 Å². The number of fused-ring (bicyclic) bond motifs is 3. The van der Waals surface area contributed by atoms with Gasteiger partial charge in [-0.05, 0) is 29.5 Å². The molecule has 0 amide bonds. The summed E-state index contributed by atoms with van der Waals surface area (Å²) in [5.41, 5.74) is 3.17. The molecule has 2 aromatic rings. The van der Waals surface area contributed by atoms with Gasteiger partial charge in [0.25, 0.3) is 0 Å². The molecule has 0 N–H and O–H groups in total. The monoisotopic (exact) mass is 375 g/mol. The first-order valence-corrected chi connectivity index (χ1v) is 9.36. The van der Waals surface area contributed by atoms with Gasteiger partial charge < -0.3 is 14.0 Å². The Kier molecular flexibility index (Phi) is 5.44. The lowest BCUT2D eigenvalue weighted by molar-refractivity contribution is 0.172. The minimum atomic E-state index is 0.00720. The number of nitrogens with zero attached hydrogens (tertiary/aromatic N) is 1. The molecule has 1 aromatic heterocycles. The summed E-state index contributed by atoms with van der Waals surface area (Å²) >= 11 is 6.46. The maximum absolute atomic E-state index is 12.0. The third kappa shape index (κ3) is 3.81. The highest BCUT2D eigenvalue weighted by Gasteiger charge is 2.32. The van der Waals surface area contributed by atoms with E-state index in [0.29, 0.717) is 24.0 Å². The quantitative estimate of drug-likeness (QED) is 0.709. The average Bonchev–Trinajstić information content (AvgIpc) is 2.57. The van der Waals surface area contributed by atoms with Gasteiger partial charge in [-0.2, -0.15) is 0 Å². The van der Waals surface area contributed by atoms with Crippen molar-refractivity contribution in [3.63, 3.8) is 0 Å². The van der Waals surface area contributed by atoms with E-state index in [-0.39, 0.29) is 16.9 Å². The van der Waals surface area contributed by atoms with Crippen LogP contribution in [0.5, 0.6) is 5.75 Å². The Bertz CT molecular complexity index is 851. The maximum Gasteiger partial charge on any atom is 0.182 e. The summed E-state index contributed by atoms with van der Waals surface area (Å²) in [4.78, 5) is 12.0. The number of hydrogen-bond acceptors (Lipinski definition) is 3. The lowest BCUT2D eigenvalue weighted by Crippen LogP contribution is -2.31. The third-order valence-electron chi connectivity index (χ3n) is 4.89. The van der Waals surface area contributed by atoms with Crippen LogP contribution in [0.4, 0.5) is 0 Å². The van der Waals surface area contributed by atoms with E-state index in [0.717, 1.165) is 24.1 Å². The van der Waals surface area contributed by atoms with Crippen LogP contribution in [0.25, 0.3) is 11.3 Å². The van der Waals surface area contributed by atoms with Gasteiger partial charge in [0, 0.05) is 50.1 Å². The highest BCUT2D eigenvalue weighted by Crippen LogP contribution is 2.44. The second-order valence-electron chi connectivity index (χ2n) is 7.88. The molecule has 1 aromatic carbocycles. The van der Waals surface area contributed by atoms with E-state index >= 15 is 0 Å². The molecule has 3 rings (SSSR count). The van der Waals surface area contributed by atoms with Gasteiger partial charge in [-0.15, -0.1) is 0 Å². The van der Waals surface area contributed by atoms with Crippen molar-refractivity contribution < 1.29 is 9.47 Å². The molecule has 140 valence electrons. The van der Waals surface area contributed by atoms with E-state index in [1.54, 1.807) is 19.2 Å². The third-order valence-corrected chi connectivity index (χ3v) is 5.18. The van der Waals surface area contributed by atoms with Crippen molar-refractivity contribution in [1.29, 1.82) is 0 Å². The first kappa shape index (κ1) is 19.0. The lowest BCUT2D eigenvalue weighted by atomic mass is 9.79. The normalized spacial score (nSPS) is 16.1. The molecule has 0 bridgehead atoms. The SMILES string of the molecule is COCCCOc1cc2c(cc1Cl)-c1cc(=O)ccn1C(C(C)(C)C)C2. The van der Waals surface area contributed by atoms with Gasteiger partial charge in [-0.1, -0.05) is 32.4 Å². The molecule has 0 radical (unpaired) electrons. The molecule has 1 aliphatic heterocycles. The highest BCUT2D eigenvalue weighted by atomic mass is 35.5. The Labute approximate surface area is 159 Å². The Hall–Kier alpha value is -1.78. The Morgan fingerprint density at radius 2 is 2.00 bits per heavy atom. The van der Waals surface area contributed by atoms with Gasteiger partial charge in [-0.25, -0.2) is 0 Å².